The zero-order chi connectivity index (χ0) is 8.69. The van der Waals surface area contributed by atoms with Gasteiger partial charge in [-0.3, -0.25) is 0 Å². The summed E-state index contributed by atoms with van der Waals surface area (Å²) in [5, 5.41) is 0. The molecule has 0 aromatic rings. The summed E-state index contributed by atoms with van der Waals surface area (Å²) in [5.41, 5.74) is 6.17. The molecule has 0 aromatic heterocycles. The molecule has 0 amide bonds. The minimum absolute atomic E-state index is 0. The smallest absolute Gasteiger partial charge is 0.481 e. The Morgan fingerprint density at radius 2 is 1.25 bits per heavy atom. The third kappa shape index (κ3) is 12.1. The monoisotopic (exact) mass is 177 g/mol. The van der Waals surface area contributed by atoms with E-state index in [-0.39, 0.29) is 31.3 Å². The predicted molar refractivity (Wildman–Crippen MR) is 30.2 cm³/mol. The van der Waals surface area contributed by atoms with Gasteiger partial charge in [-0.2, -0.15) is 17.6 Å². The summed E-state index contributed by atoms with van der Waals surface area (Å²) in [7, 11) is 0. The maximum absolute atomic E-state index is 11.2. The van der Waals surface area contributed by atoms with Crippen LogP contribution in [0.15, 0.2) is 24.6 Å². The van der Waals surface area contributed by atoms with Gasteiger partial charge in [0.2, 0.25) is 0 Å². The van der Waals surface area contributed by atoms with Gasteiger partial charge in [-0.1, -0.05) is 0 Å². The van der Waals surface area contributed by atoms with Crippen LogP contribution < -0.4 is 29.7 Å². The van der Waals surface area contributed by atoms with Crippen LogP contribution in [0.2, 0.25) is 0 Å². The van der Waals surface area contributed by atoms with Crippen molar-refractivity contribution >= 4 is 0 Å². The molecule has 0 heterocycles. The van der Waals surface area contributed by atoms with E-state index >= 15 is 0 Å². The van der Waals surface area contributed by atoms with Crippen molar-refractivity contribution in [1.82, 2.24) is 10.9 Å². The van der Waals surface area contributed by atoms with Gasteiger partial charge in [0.25, 0.3) is 12.2 Å². The predicted octanol–water partition coefficient (Wildman–Crippen LogP) is -1.15. The first-order chi connectivity index (χ1) is 5.13. The van der Waals surface area contributed by atoms with E-state index in [0.717, 1.165) is 0 Å². The summed E-state index contributed by atoms with van der Waals surface area (Å²) < 4.78 is 44.7. The molecule has 8 heteroatoms. The van der Waals surface area contributed by atoms with Crippen LogP contribution in [-0.2, 0) is 0 Å². The van der Waals surface area contributed by atoms with E-state index in [1.54, 1.807) is 10.9 Å². The van der Waals surface area contributed by atoms with Crippen LogP contribution in [-0.4, -0.2) is 0 Å². The van der Waals surface area contributed by atoms with Crippen molar-refractivity contribution in [3.63, 3.8) is 0 Å². The maximum atomic E-state index is 11.2. The Kier molecular flexibility index (Phi) is 9.80. The molecule has 3 nitrogen and oxygen atoms in total. The summed E-state index contributed by atoms with van der Waals surface area (Å²) in [4.78, 5) is 0. The molecule has 2 N–H and O–H groups in total. The van der Waals surface area contributed by atoms with Crippen LogP contribution in [0.1, 0.15) is 0 Å². The third-order valence-corrected chi connectivity index (χ3v) is 0.476. The first-order valence-electron chi connectivity index (χ1n) is 2.36. The van der Waals surface area contributed by atoms with Crippen LogP contribution in [0.5, 0.6) is 0 Å². The van der Waals surface area contributed by atoms with Gasteiger partial charge < -0.3 is 16.4 Å². The summed E-state index contributed by atoms with van der Waals surface area (Å²) in [6, 6.07) is 0. The van der Waals surface area contributed by atoms with Crippen LogP contribution in [0.4, 0.5) is 17.6 Å². The summed E-state index contributed by atoms with van der Waals surface area (Å²) >= 11 is 0. The Hall–Kier alpha value is -0.643. The van der Waals surface area contributed by atoms with Crippen molar-refractivity contribution in [3.05, 3.63) is 30.1 Å². The van der Waals surface area contributed by atoms with E-state index in [0.29, 0.717) is 0 Å². The molecule has 0 fully saturated rings. The maximum Gasteiger partial charge on any atom is 1.00 e. The fourth-order valence-corrected chi connectivity index (χ4v) is 0.199. The van der Waals surface area contributed by atoms with Crippen molar-refractivity contribution in [2.75, 3.05) is 0 Å². The molecule has 0 rings (SSSR count). The standard InChI is InChI=1S/C4H4F4N3.Li/c5-3(6)1-9-11-10-2-4(7)8;/h1-2,9-10H;/q-1;+1. The van der Waals surface area contributed by atoms with Gasteiger partial charge in [0, 0.05) is 12.4 Å². The zero-order valence-electron chi connectivity index (χ0n) is 6.11. The molecule has 0 atom stereocenters. The molecule has 0 aliphatic heterocycles. The van der Waals surface area contributed by atoms with Crippen molar-refractivity contribution in [1.29, 1.82) is 0 Å². The summed E-state index contributed by atoms with van der Waals surface area (Å²) in [5.74, 6) is 0. The van der Waals surface area contributed by atoms with E-state index in [2.05, 4.69) is 5.53 Å². The molecule has 0 spiro atoms. The number of hydrogen-bond donors (Lipinski definition) is 2. The van der Waals surface area contributed by atoms with Gasteiger partial charge in [-0.25, -0.2) is 0 Å². The SMILES string of the molecule is FC(F)=CN[N-]NC=C(F)F.[Li+]. The van der Waals surface area contributed by atoms with Crippen LogP contribution in [0.25, 0.3) is 5.53 Å². The Morgan fingerprint density at radius 3 is 1.50 bits per heavy atom. The molecular formula is C4H4F4LiN3. The van der Waals surface area contributed by atoms with Crippen molar-refractivity contribution in [2.45, 2.75) is 0 Å². The van der Waals surface area contributed by atoms with E-state index in [4.69, 9.17) is 0 Å². The molecule has 12 heavy (non-hydrogen) atoms. The van der Waals surface area contributed by atoms with Crippen LogP contribution in [0, 0.1) is 0 Å². The fourth-order valence-electron chi connectivity index (χ4n) is 0.199. The van der Waals surface area contributed by atoms with Crippen molar-refractivity contribution < 1.29 is 36.4 Å². The van der Waals surface area contributed by atoms with E-state index in [1.165, 1.54) is 0 Å². The van der Waals surface area contributed by atoms with Gasteiger partial charge in [-0.05, 0) is 0 Å². The number of rotatable bonds is 4. The van der Waals surface area contributed by atoms with Gasteiger partial charge in [0.15, 0.2) is 0 Å². The van der Waals surface area contributed by atoms with Gasteiger partial charge in [-0.15, -0.1) is 0 Å². The minimum Gasteiger partial charge on any atom is -0.481 e. The third-order valence-electron chi connectivity index (χ3n) is 0.476. The van der Waals surface area contributed by atoms with Crippen molar-refractivity contribution in [3.8, 4) is 0 Å². The Morgan fingerprint density at radius 1 is 0.917 bits per heavy atom. The normalized spacial score (nSPS) is 7.67. The Balaban J connectivity index is 0. The number of halogens is 4. The number of nitrogens with one attached hydrogen (secondary N) is 2. The van der Waals surface area contributed by atoms with Crippen LogP contribution >= 0.6 is 0 Å². The molecule has 0 radical (unpaired) electrons. The molecule has 0 aliphatic carbocycles. The second kappa shape index (κ2) is 8.45. The number of nitrogens with zero attached hydrogens (tertiary/aromatic N) is 1. The molecule has 64 valence electrons. The van der Waals surface area contributed by atoms with Crippen molar-refractivity contribution in [2.24, 2.45) is 0 Å². The van der Waals surface area contributed by atoms with E-state index in [1.807, 2.05) is 0 Å². The fraction of sp³-hybridized carbons (Fsp3) is 0. The molecule has 0 aromatic carbocycles. The average Bonchev–Trinajstić information content (AvgIpc) is 1.85. The molecule has 0 bridgehead atoms. The van der Waals surface area contributed by atoms with Gasteiger partial charge >= 0.3 is 18.9 Å². The Labute approximate surface area is 78.0 Å². The topological polar surface area (TPSA) is 38.2 Å². The summed E-state index contributed by atoms with van der Waals surface area (Å²) in [6.07, 6.45) is -3.51. The molecular weight excluding hydrogens is 173 g/mol. The first kappa shape index (κ1) is 13.9. The first-order valence-corrected chi connectivity index (χ1v) is 2.36. The van der Waals surface area contributed by atoms with Gasteiger partial charge in [0.05, 0.1) is 0 Å². The van der Waals surface area contributed by atoms with Gasteiger partial charge in [0.1, 0.15) is 0 Å². The Bertz CT molecular complexity index is 146. The minimum atomic E-state index is -2.00. The van der Waals surface area contributed by atoms with E-state index in [9.17, 15) is 17.6 Å². The quantitative estimate of drug-likeness (QED) is 0.246. The number of hydrogen-bond acceptors (Lipinski definition) is 2. The summed E-state index contributed by atoms with van der Waals surface area (Å²) in [6.45, 7) is 0. The molecule has 0 unspecified atom stereocenters. The molecule has 0 saturated heterocycles. The second-order valence-electron chi connectivity index (χ2n) is 1.24. The molecule has 0 aliphatic rings. The largest absolute Gasteiger partial charge is 1.00 e. The van der Waals surface area contributed by atoms with Crippen LogP contribution in [0.3, 0.4) is 0 Å². The molecule has 0 saturated carbocycles. The second-order valence-corrected chi connectivity index (χ2v) is 1.24. The average molecular weight is 177 g/mol. The zero-order valence-corrected chi connectivity index (χ0v) is 6.11. The van der Waals surface area contributed by atoms with E-state index < -0.39 is 12.2 Å².